The number of hydrogen-bond donors (Lipinski definition) is 1. The quantitative estimate of drug-likeness (QED) is 0.672. The Hall–Kier alpha value is -0.380. The molecule has 0 fully saturated rings. The minimum atomic E-state index is 0.0620. The van der Waals surface area contributed by atoms with Crippen LogP contribution in [0.3, 0.4) is 0 Å². The Morgan fingerprint density at radius 1 is 1.26 bits per heavy atom. The summed E-state index contributed by atoms with van der Waals surface area (Å²) in [5.41, 5.74) is 7.46. The molecule has 19 heavy (non-hydrogen) atoms. The van der Waals surface area contributed by atoms with Crippen molar-refractivity contribution in [3.8, 4) is 0 Å². The molecule has 0 aliphatic carbocycles. The standard InChI is InChI=1S/C16H29NOS/c1-4-7-8-13(5-2)11-18-16(15(17)6-3)14-9-10-19-12-14/h9-10,12-13,15-16H,4-8,11,17H2,1-3H3. The van der Waals surface area contributed by atoms with E-state index in [0.29, 0.717) is 5.92 Å². The van der Waals surface area contributed by atoms with Crippen molar-refractivity contribution in [2.24, 2.45) is 11.7 Å². The third-order valence-corrected chi connectivity index (χ3v) is 4.49. The second-order valence-corrected chi connectivity index (χ2v) is 6.08. The van der Waals surface area contributed by atoms with Crippen LogP contribution in [0.5, 0.6) is 0 Å². The summed E-state index contributed by atoms with van der Waals surface area (Å²) in [4.78, 5) is 0. The van der Waals surface area contributed by atoms with Gasteiger partial charge in [-0.2, -0.15) is 11.3 Å². The monoisotopic (exact) mass is 283 g/mol. The van der Waals surface area contributed by atoms with E-state index in [0.717, 1.165) is 13.0 Å². The van der Waals surface area contributed by atoms with Gasteiger partial charge in [-0.05, 0) is 41.1 Å². The van der Waals surface area contributed by atoms with Crippen molar-refractivity contribution in [3.63, 3.8) is 0 Å². The molecule has 0 aromatic carbocycles. The van der Waals surface area contributed by atoms with Crippen LogP contribution in [0.1, 0.15) is 64.5 Å². The predicted molar refractivity (Wildman–Crippen MR) is 84.6 cm³/mol. The molecule has 0 aliphatic heterocycles. The number of ether oxygens (including phenoxy) is 1. The lowest BCUT2D eigenvalue weighted by Gasteiger charge is -2.25. The Labute approximate surface area is 122 Å². The molecule has 2 nitrogen and oxygen atoms in total. The molecule has 1 aromatic heterocycles. The van der Waals surface area contributed by atoms with E-state index in [1.165, 1.54) is 31.2 Å². The molecule has 3 unspecified atom stereocenters. The van der Waals surface area contributed by atoms with E-state index >= 15 is 0 Å². The van der Waals surface area contributed by atoms with Crippen LogP contribution < -0.4 is 5.73 Å². The summed E-state index contributed by atoms with van der Waals surface area (Å²) >= 11 is 1.71. The highest BCUT2D eigenvalue weighted by atomic mass is 32.1. The van der Waals surface area contributed by atoms with Crippen molar-refractivity contribution in [1.82, 2.24) is 0 Å². The van der Waals surface area contributed by atoms with Crippen LogP contribution in [0, 0.1) is 5.92 Å². The summed E-state index contributed by atoms with van der Waals surface area (Å²) in [6.45, 7) is 7.46. The number of hydrogen-bond acceptors (Lipinski definition) is 3. The topological polar surface area (TPSA) is 35.2 Å². The van der Waals surface area contributed by atoms with Gasteiger partial charge in [0.25, 0.3) is 0 Å². The van der Waals surface area contributed by atoms with Crippen LogP contribution in [0.2, 0.25) is 0 Å². The fourth-order valence-corrected chi connectivity index (χ4v) is 2.94. The summed E-state index contributed by atoms with van der Waals surface area (Å²) in [6.07, 6.45) is 6.03. The van der Waals surface area contributed by atoms with Gasteiger partial charge in [0.05, 0.1) is 12.7 Å². The maximum atomic E-state index is 6.22. The molecular weight excluding hydrogens is 254 g/mol. The van der Waals surface area contributed by atoms with Gasteiger partial charge in [0.15, 0.2) is 0 Å². The van der Waals surface area contributed by atoms with Crippen molar-refractivity contribution in [3.05, 3.63) is 22.4 Å². The highest BCUT2D eigenvalue weighted by Crippen LogP contribution is 2.26. The molecule has 110 valence electrons. The lowest BCUT2D eigenvalue weighted by molar-refractivity contribution is 0.00897. The zero-order valence-electron chi connectivity index (χ0n) is 12.6. The van der Waals surface area contributed by atoms with Crippen molar-refractivity contribution in [1.29, 1.82) is 0 Å². The van der Waals surface area contributed by atoms with Crippen molar-refractivity contribution in [2.75, 3.05) is 6.61 Å². The Balaban J connectivity index is 2.53. The van der Waals surface area contributed by atoms with E-state index in [-0.39, 0.29) is 12.1 Å². The third kappa shape index (κ3) is 5.64. The average molecular weight is 283 g/mol. The first kappa shape index (κ1) is 16.7. The summed E-state index contributed by atoms with van der Waals surface area (Å²) in [6, 6.07) is 2.23. The molecular formula is C16H29NOS. The second-order valence-electron chi connectivity index (χ2n) is 5.30. The second kappa shape index (κ2) is 9.51. The fraction of sp³-hybridized carbons (Fsp3) is 0.750. The first-order chi connectivity index (χ1) is 9.22. The van der Waals surface area contributed by atoms with Gasteiger partial charge in [-0.3, -0.25) is 0 Å². The van der Waals surface area contributed by atoms with Gasteiger partial charge in [-0.1, -0.05) is 40.0 Å². The molecule has 1 heterocycles. The summed E-state index contributed by atoms with van der Waals surface area (Å²) in [5.74, 6) is 0.671. The van der Waals surface area contributed by atoms with E-state index < -0.39 is 0 Å². The molecule has 0 radical (unpaired) electrons. The Morgan fingerprint density at radius 2 is 2.05 bits per heavy atom. The number of rotatable bonds is 10. The van der Waals surface area contributed by atoms with Crippen LogP contribution >= 0.6 is 11.3 Å². The van der Waals surface area contributed by atoms with Gasteiger partial charge in [0, 0.05) is 6.04 Å². The summed E-state index contributed by atoms with van der Waals surface area (Å²) < 4.78 is 6.17. The summed E-state index contributed by atoms with van der Waals surface area (Å²) in [7, 11) is 0. The largest absolute Gasteiger partial charge is 0.372 e. The predicted octanol–water partition coefficient (Wildman–Crippen LogP) is 4.76. The molecule has 0 saturated heterocycles. The van der Waals surface area contributed by atoms with Crippen LogP contribution in [0.25, 0.3) is 0 Å². The van der Waals surface area contributed by atoms with Gasteiger partial charge in [0.2, 0.25) is 0 Å². The zero-order chi connectivity index (χ0) is 14.1. The van der Waals surface area contributed by atoms with E-state index in [1.54, 1.807) is 11.3 Å². The Kier molecular flexibility index (Phi) is 8.35. The first-order valence-corrected chi connectivity index (χ1v) is 8.56. The molecule has 3 heteroatoms. The molecule has 1 rings (SSSR count). The van der Waals surface area contributed by atoms with Gasteiger partial charge in [-0.15, -0.1) is 0 Å². The van der Waals surface area contributed by atoms with Crippen molar-refractivity contribution >= 4 is 11.3 Å². The highest BCUT2D eigenvalue weighted by molar-refractivity contribution is 7.07. The highest BCUT2D eigenvalue weighted by Gasteiger charge is 2.21. The van der Waals surface area contributed by atoms with Gasteiger partial charge in [-0.25, -0.2) is 0 Å². The van der Waals surface area contributed by atoms with E-state index in [4.69, 9.17) is 10.5 Å². The molecule has 1 aromatic rings. The molecule has 0 amide bonds. The smallest absolute Gasteiger partial charge is 0.0983 e. The van der Waals surface area contributed by atoms with Crippen molar-refractivity contribution in [2.45, 2.75) is 65.0 Å². The number of unbranched alkanes of at least 4 members (excludes halogenated alkanes) is 1. The van der Waals surface area contributed by atoms with Gasteiger partial charge >= 0.3 is 0 Å². The van der Waals surface area contributed by atoms with E-state index in [9.17, 15) is 0 Å². The van der Waals surface area contributed by atoms with E-state index in [1.807, 2.05) is 0 Å². The lowest BCUT2D eigenvalue weighted by Crippen LogP contribution is -2.30. The molecule has 3 atom stereocenters. The molecule has 2 N–H and O–H groups in total. The number of nitrogens with two attached hydrogens (primary N) is 1. The first-order valence-electron chi connectivity index (χ1n) is 7.62. The molecule has 0 aliphatic rings. The molecule has 0 saturated carbocycles. The normalized spacial score (nSPS) is 16.2. The Bertz CT molecular complexity index is 313. The maximum absolute atomic E-state index is 6.22. The minimum Gasteiger partial charge on any atom is -0.372 e. The third-order valence-electron chi connectivity index (χ3n) is 3.79. The van der Waals surface area contributed by atoms with Crippen molar-refractivity contribution < 1.29 is 4.74 Å². The number of thiophene rings is 1. The van der Waals surface area contributed by atoms with Crippen LogP contribution in [0.15, 0.2) is 16.8 Å². The average Bonchev–Trinajstić information content (AvgIpc) is 2.96. The summed E-state index contributed by atoms with van der Waals surface area (Å²) in [5, 5.41) is 4.26. The SMILES string of the molecule is CCCCC(CC)COC(c1ccsc1)C(N)CC. The fourth-order valence-electron chi connectivity index (χ4n) is 2.26. The lowest BCUT2D eigenvalue weighted by atomic mass is 9.99. The van der Waals surface area contributed by atoms with Crippen LogP contribution in [-0.4, -0.2) is 12.6 Å². The zero-order valence-corrected chi connectivity index (χ0v) is 13.4. The van der Waals surface area contributed by atoms with E-state index in [2.05, 4.69) is 37.6 Å². The minimum absolute atomic E-state index is 0.0620. The molecule has 0 bridgehead atoms. The van der Waals surface area contributed by atoms with Crippen LogP contribution in [0.4, 0.5) is 0 Å². The van der Waals surface area contributed by atoms with Crippen LogP contribution in [-0.2, 0) is 4.74 Å². The molecule has 0 spiro atoms. The Morgan fingerprint density at radius 3 is 2.58 bits per heavy atom. The van der Waals surface area contributed by atoms with Gasteiger partial charge in [0.1, 0.15) is 0 Å². The van der Waals surface area contributed by atoms with Gasteiger partial charge < -0.3 is 10.5 Å². The maximum Gasteiger partial charge on any atom is 0.0983 e.